The zero-order valence-corrected chi connectivity index (χ0v) is 27.9. The molecule has 1 fully saturated rings. The van der Waals surface area contributed by atoms with Crippen LogP contribution in [0.5, 0.6) is 5.75 Å². The number of benzene rings is 3. The maximum Gasteiger partial charge on any atom is 0.243 e. The molecule has 3 aromatic rings. The van der Waals surface area contributed by atoms with Crippen LogP contribution in [0.3, 0.4) is 0 Å². The number of halogens is 1. The van der Waals surface area contributed by atoms with Gasteiger partial charge >= 0.3 is 0 Å². The monoisotopic (exact) mass is 653 g/mol. The Morgan fingerprint density at radius 1 is 0.978 bits per heavy atom. The van der Waals surface area contributed by atoms with Gasteiger partial charge in [0.25, 0.3) is 0 Å². The summed E-state index contributed by atoms with van der Waals surface area (Å²) in [6.07, 6.45) is 7.02. The van der Waals surface area contributed by atoms with Gasteiger partial charge in [-0.3, -0.25) is 13.9 Å². The summed E-state index contributed by atoms with van der Waals surface area (Å²) in [5.74, 6) is 0.0696. The van der Waals surface area contributed by atoms with Crippen LogP contribution in [0, 0.1) is 6.92 Å². The molecule has 0 bridgehead atoms. The lowest BCUT2D eigenvalue weighted by molar-refractivity contribution is -0.141. The van der Waals surface area contributed by atoms with E-state index >= 15 is 0 Å². The molecule has 1 aliphatic carbocycles. The standard InChI is InChI=1S/C35H44ClN3O5S/c1-26-16-18-28(19-17-26)25-38(32(23-27-11-6-4-7-12-27)35(41)37-29-13-8-5-9-14-29)34(40)15-10-22-39(45(3,42)43)30-20-21-33(44-2)31(36)24-30/h4,6-7,11-12,16-21,24,29,32H,5,8-10,13-15,22-23,25H2,1-3H3,(H,37,41). The second-order valence-electron chi connectivity index (χ2n) is 11.8. The first-order valence-corrected chi connectivity index (χ1v) is 17.8. The van der Waals surface area contributed by atoms with Crippen molar-refractivity contribution in [2.75, 3.05) is 24.2 Å². The quantitative estimate of drug-likeness (QED) is 0.221. The number of anilines is 1. The number of nitrogens with one attached hydrogen (secondary N) is 1. The number of carbonyl (C=O) groups excluding carboxylic acids is 2. The van der Waals surface area contributed by atoms with Crippen molar-refractivity contribution >= 4 is 39.1 Å². The van der Waals surface area contributed by atoms with Crippen molar-refractivity contribution in [3.8, 4) is 5.75 Å². The van der Waals surface area contributed by atoms with Crippen molar-refractivity contribution in [1.29, 1.82) is 0 Å². The molecule has 1 N–H and O–H groups in total. The van der Waals surface area contributed by atoms with Gasteiger partial charge in [-0.1, -0.05) is 91.0 Å². The van der Waals surface area contributed by atoms with Gasteiger partial charge in [0.1, 0.15) is 11.8 Å². The molecule has 0 aliphatic heterocycles. The SMILES string of the molecule is COc1ccc(N(CCCC(=O)N(Cc2ccc(C)cc2)C(Cc2ccccc2)C(=O)NC2CCCCC2)S(C)(=O)=O)cc1Cl. The Bertz CT molecular complexity index is 1530. The van der Waals surface area contributed by atoms with Gasteiger partial charge in [-0.05, 0) is 55.5 Å². The first kappa shape index (κ1) is 34.3. The highest BCUT2D eigenvalue weighted by molar-refractivity contribution is 7.92. The molecule has 0 aromatic heterocycles. The highest BCUT2D eigenvalue weighted by atomic mass is 35.5. The van der Waals surface area contributed by atoms with E-state index in [2.05, 4.69) is 5.32 Å². The van der Waals surface area contributed by atoms with Gasteiger partial charge in [0.15, 0.2) is 0 Å². The van der Waals surface area contributed by atoms with E-state index in [-0.39, 0.29) is 48.8 Å². The summed E-state index contributed by atoms with van der Waals surface area (Å²) >= 11 is 6.29. The molecule has 242 valence electrons. The minimum absolute atomic E-state index is 0.0593. The lowest BCUT2D eigenvalue weighted by Crippen LogP contribution is -2.52. The molecule has 1 atom stereocenters. The number of sulfonamides is 1. The number of methoxy groups -OCH3 is 1. The van der Waals surface area contributed by atoms with Crippen molar-refractivity contribution in [3.05, 3.63) is 94.5 Å². The Morgan fingerprint density at radius 3 is 2.29 bits per heavy atom. The summed E-state index contributed by atoms with van der Waals surface area (Å²) in [7, 11) is -2.18. The van der Waals surface area contributed by atoms with E-state index in [4.69, 9.17) is 16.3 Å². The molecule has 0 saturated heterocycles. The molecule has 0 spiro atoms. The lowest BCUT2D eigenvalue weighted by Gasteiger charge is -2.34. The summed E-state index contributed by atoms with van der Waals surface area (Å²) in [5.41, 5.74) is 3.37. The average molecular weight is 654 g/mol. The van der Waals surface area contributed by atoms with E-state index in [1.165, 1.54) is 17.8 Å². The zero-order chi connectivity index (χ0) is 32.4. The lowest BCUT2D eigenvalue weighted by atomic mass is 9.94. The van der Waals surface area contributed by atoms with E-state index in [0.717, 1.165) is 48.6 Å². The molecule has 1 saturated carbocycles. The minimum atomic E-state index is -3.67. The van der Waals surface area contributed by atoms with Crippen molar-refractivity contribution in [2.45, 2.75) is 76.9 Å². The number of ether oxygens (including phenoxy) is 1. The maximum absolute atomic E-state index is 14.1. The van der Waals surface area contributed by atoms with E-state index in [1.807, 2.05) is 61.5 Å². The second-order valence-corrected chi connectivity index (χ2v) is 14.1. The number of hydrogen-bond acceptors (Lipinski definition) is 5. The highest BCUT2D eigenvalue weighted by Gasteiger charge is 2.32. The number of amides is 2. The molecule has 0 radical (unpaired) electrons. The maximum atomic E-state index is 14.1. The topological polar surface area (TPSA) is 96.0 Å². The second kappa shape index (κ2) is 16.1. The van der Waals surface area contributed by atoms with Crippen LogP contribution in [0.4, 0.5) is 5.69 Å². The van der Waals surface area contributed by atoms with Crippen LogP contribution in [-0.4, -0.2) is 57.1 Å². The van der Waals surface area contributed by atoms with Crippen molar-refractivity contribution in [3.63, 3.8) is 0 Å². The summed E-state index contributed by atoms with van der Waals surface area (Å²) in [5, 5.41) is 3.55. The number of aryl methyl sites for hydroxylation is 1. The van der Waals surface area contributed by atoms with Crippen LogP contribution < -0.4 is 14.4 Å². The van der Waals surface area contributed by atoms with Gasteiger partial charge < -0.3 is 15.0 Å². The van der Waals surface area contributed by atoms with Crippen LogP contribution >= 0.6 is 11.6 Å². The van der Waals surface area contributed by atoms with E-state index in [9.17, 15) is 18.0 Å². The third-order valence-electron chi connectivity index (χ3n) is 8.27. The van der Waals surface area contributed by atoms with Crippen molar-refractivity contribution < 1.29 is 22.7 Å². The van der Waals surface area contributed by atoms with E-state index < -0.39 is 16.1 Å². The largest absolute Gasteiger partial charge is 0.495 e. The van der Waals surface area contributed by atoms with Crippen molar-refractivity contribution in [2.24, 2.45) is 0 Å². The summed E-state index contributed by atoms with van der Waals surface area (Å²) < 4.78 is 32.0. The van der Waals surface area contributed by atoms with Gasteiger partial charge in [-0.15, -0.1) is 0 Å². The molecule has 8 nitrogen and oxygen atoms in total. The molecule has 2 amide bonds. The average Bonchev–Trinajstić information content (AvgIpc) is 3.02. The van der Waals surface area contributed by atoms with Crippen LogP contribution in [0.1, 0.15) is 61.6 Å². The van der Waals surface area contributed by atoms with Crippen LogP contribution in [0.2, 0.25) is 5.02 Å². The first-order valence-electron chi connectivity index (χ1n) is 15.6. The van der Waals surface area contributed by atoms with E-state index in [0.29, 0.717) is 17.9 Å². The molecule has 4 rings (SSSR count). The van der Waals surface area contributed by atoms with E-state index in [1.54, 1.807) is 23.1 Å². The molecule has 3 aromatic carbocycles. The van der Waals surface area contributed by atoms with Gasteiger partial charge in [0.05, 0.1) is 24.1 Å². The first-order chi connectivity index (χ1) is 21.5. The number of hydrogen-bond donors (Lipinski definition) is 1. The fourth-order valence-electron chi connectivity index (χ4n) is 5.80. The fourth-order valence-corrected chi connectivity index (χ4v) is 7.01. The smallest absolute Gasteiger partial charge is 0.243 e. The third kappa shape index (κ3) is 9.96. The molecular formula is C35H44ClN3O5S. The van der Waals surface area contributed by atoms with Gasteiger partial charge in [-0.25, -0.2) is 8.42 Å². The molecule has 0 heterocycles. The number of carbonyl (C=O) groups is 2. The third-order valence-corrected chi connectivity index (χ3v) is 9.76. The summed E-state index contributed by atoms with van der Waals surface area (Å²) in [6, 6.07) is 21.8. The Labute approximate surface area is 272 Å². The van der Waals surface area contributed by atoms with Crippen molar-refractivity contribution in [1.82, 2.24) is 10.2 Å². The molecule has 45 heavy (non-hydrogen) atoms. The normalized spacial score (nSPS) is 14.4. The summed E-state index contributed by atoms with van der Waals surface area (Å²) in [6.45, 7) is 2.34. The molecule has 10 heteroatoms. The number of nitrogens with zero attached hydrogens (tertiary/aromatic N) is 2. The van der Waals surface area contributed by atoms with Gasteiger partial charge in [-0.2, -0.15) is 0 Å². The fraction of sp³-hybridized carbons (Fsp3) is 0.429. The summed E-state index contributed by atoms with van der Waals surface area (Å²) in [4.78, 5) is 29.7. The van der Waals surface area contributed by atoms with Crippen LogP contribution in [-0.2, 0) is 32.6 Å². The predicted molar refractivity (Wildman–Crippen MR) is 180 cm³/mol. The highest BCUT2D eigenvalue weighted by Crippen LogP contribution is 2.30. The Morgan fingerprint density at radius 2 is 1.67 bits per heavy atom. The number of rotatable bonds is 14. The molecular weight excluding hydrogens is 610 g/mol. The Balaban J connectivity index is 1.58. The molecule has 1 unspecified atom stereocenters. The zero-order valence-electron chi connectivity index (χ0n) is 26.4. The van der Waals surface area contributed by atoms with Crippen LogP contribution in [0.15, 0.2) is 72.8 Å². The van der Waals surface area contributed by atoms with Gasteiger partial charge in [0, 0.05) is 32.0 Å². The van der Waals surface area contributed by atoms with Crippen LogP contribution in [0.25, 0.3) is 0 Å². The molecule has 1 aliphatic rings. The minimum Gasteiger partial charge on any atom is -0.495 e. The predicted octanol–water partition coefficient (Wildman–Crippen LogP) is 6.29. The Hall–Kier alpha value is -3.56. The van der Waals surface area contributed by atoms with Gasteiger partial charge in [0.2, 0.25) is 21.8 Å². The Kier molecular flexibility index (Phi) is 12.3.